The summed E-state index contributed by atoms with van der Waals surface area (Å²) >= 11 is 0. The molecule has 1 saturated carbocycles. The van der Waals surface area contributed by atoms with E-state index in [1.165, 1.54) is 27.2 Å². The van der Waals surface area contributed by atoms with Crippen LogP contribution in [0.15, 0.2) is 0 Å². The van der Waals surface area contributed by atoms with Crippen LogP contribution in [-0.4, -0.2) is 113 Å². The molecule has 6 N–H and O–H groups in total. The fourth-order valence-electron chi connectivity index (χ4n) is 1.28. The van der Waals surface area contributed by atoms with E-state index in [0.29, 0.717) is 38.5 Å². The van der Waals surface area contributed by atoms with Crippen LogP contribution in [0.4, 0.5) is 0 Å². The first kappa shape index (κ1) is 59.2. The number of rotatable bonds is 7. The van der Waals surface area contributed by atoms with E-state index in [2.05, 4.69) is 9.47 Å². The van der Waals surface area contributed by atoms with Gasteiger partial charge in [0.15, 0.2) is 0 Å². The Kier molecular flexibility index (Phi) is 94.1. The smallest absolute Gasteiger partial charge is 0.302 e. The molecule has 0 aromatic carbocycles. The summed E-state index contributed by atoms with van der Waals surface area (Å²) in [6, 6.07) is 0. The van der Waals surface area contributed by atoms with Crippen LogP contribution in [0, 0.1) is 0 Å². The molecule has 0 radical (unpaired) electrons. The van der Waals surface area contributed by atoms with Crippen LogP contribution in [0.5, 0.6) is 0 Å². The van der Waals surface area contributed by atoms with Crippen molar-refractivity contribution in [3.63, 3.8) is 0 Å². The monoisotopic (exact) mass is 620 g/mol. The summed E-state index contributed by atoms with van der Waals surface area (Å²) in [5, 5.41) is 46.5. The van der Waals surface area contributed by atoms with E-state index < -0.39 is 6.10 Å². The molecule has 13 nitrogen and oxygen atoms in total. The highest BCUT2D eigenvalue weighted by Crippen LogP contribution is 2.12. The number of carbonyl (C=O) groups is 5. The Bertz CT molecular complexity index is 496. The third kappa shape index (κ3) is 162. The van der Waals surface area contributed by atoms with Crippen molar-refractivity contribution in [1.82, 2.24) is 0 Å². The van der Waals surface area contributed by atoms with Crippen LogP contribution in [0.25, 0.3) is 0 Å². The van der Waals surface area contributed by atoms with Crippen LogP contribution >= 0.6 is 0 Å². The highest BCUT2D eigenvalue weighted by atomic mass is 16.5. The summed E-state index contributed by atoms with van der Waals surface area (Å²) in [7, 11) is 1.00. The molecular weight excluding hydrogens is 556 g/mol. The van der Waals surface area contributed by atoms with Gasteiger partial charge in [0.25, 0.3) is 6.47 Å². The van der Waals surface area contributed by atoms with Gasteiger partial charge < -0.3 is 49.7 Å². The first-order valence-electron chi connectivity index (χ1n) is 14.0. The first-order chi connectivity index (χ1) is 19.7. The lowest BCUT2D eigenvalue weighted by atomic mass is 10.00. The van der Waals surface area contributed by atoms with Crippen LogP contribution in [0.1, 0.15) is 107 Å². The summed E-state index contributed by atoms with van der Waals surface area (Å²) in [5.74, 6) is 0.675. The fraction of sp³-hybridized carbons (Fsp3) is 0.828. The standard InChI is InChI=1S/C6H10O.C4H8O2.C4H8O.C3H8O3.C3H6O2.C3H6O.C3H8O.C2H6O.CH4O/c7-6-4-2-1-3-5-6;1-3-6-4(2)5;1-3-4(2)5;4-1-3(6)2-5;1-2-5-3-4;1-3(2)4;1-2-3-4;1-2-3;1-2/h1-5H2;3H2,1-2H3;3H2,1-2H3;3-6H,1-2H2;3H,2H2,1H3;1-2H3;4H,2-3H2,1H3;3H,2H2,1H3;2H,1H3. The largest absolute Gasteiger partial charge is 0.468 e. The minimum Gasteiger partial charge on any atom is -0.468 e. The number of Topliss-reactive ketones (excluding diaryl/α,β-unsaturated/α-hetero) is 3. The average Bonchev–Trinajstić information content (AvgIpc) is 2.96. The molecule has 13 heteroatoms. The van der Waals surface area contributed by atoms with Crippen molar-refractivity contribution in [2.75, 3.05) is 46.8 Å². The summed E-state index contributed by atoms with van der Waals surface area (Å²) in [5.41, 5.74) is 0. The molecule has 258 valence electrons. The Balaban J connectivity index is -0.0000000526. The van der Waals surface area contributed by atoms with Gasteiger partial charge in [-0.3, -0.25) is 14.4 Å². The number of aliphatic hydroxyl groups is 6. The maximum absolute atomic E-state index is 10.5. The molecule has 0 aromatic rings. The maximum atomic E-state index is 10.5. The Morgan fingerprint density at radius 3 is 1.19 bits per heavy atom. The van der Waals surface area contributed by atoms with Crippen LogP contribution < -0.4 is 0 Å². The summed E-state index contributed by atoms with van der Waals surface area (Å²) in [6.45, 7) is 16.3. The van der Waals surface area contributed by atoms with E-state index in [4.69, 9.17) is 30.6 Å². The van der Waals surface area contributed by atoms with E-state index in [9.17, 15) is 24.0 Å². The van der Waals surface area contributed by atoms with Crippen molar-refractivity contribution >= 4 is 29.8 Å². The zero-order valence-corrected chi connectivity index (χ0v) is 27.9. The molecule has 1 aliphatic rings. The van der Waals surface area contributed by atoms with E-state index in [1.807, 2.05) is 13.8 Å². The molecule has 0 aliphatic heterocycles. The van der Waals surface area contributed by atoms with Gasteiger partial charge in [-0.2, -0.15) is 0 Å². The van der Waals surface area contributed by atoms with Crippen molar-refractivity contribution in [3.05, 3.63) is 0 Å². The maximum Gasteiger partial charge on any atom is 0.302 e. The van der Waals surface area contributed by atoms with Gasteiger partial charge >= 0.3 is 5.97 Å². The molecule has 0 saturated heterocycles. The number of esters is 1. The summed E-state index contributed by atoms with van der Waals surface area (Å²) in [6.07, 6.45) is 5.83. The molecule has 0 spiro atoms. The Morgan fingerprint density at radius 2 is 1.14 bits per heavy atom. The number of carbonyl (C=O) groups excluding carboxylic acids is 5. The lowest BCUT2D eigenvalue weighted by Crippen LogP contribution is -2.15. The Hall–Kier alpha value is -2.29. The molecule has 1 aliphatic carbocycles. The quantitative estimate of drug-likeness (QED) is 0.177. The fourth-order valence-corrected chi connectivity index (χ4v) is 1.28. The van der Waals surface area contributed by atoms with Crippen LogP contribution in [0.3, 0.4) is 0 Å². The second-order valence-corrected chi connectivity index (χ2v) is 7.60. The molecule has 0 amide bonds. The summed E-state index contributed by atoms with van der Waals surface area (Å²) in [4.78, 5) is 48.7. The van der Waals surface area contributed by atoms with Gasteiger partial charge in [0.05, 0.1) is 26.4 Å². The van der Waals surface area contributed by atoms with Crippen molar-refractivity contribution in [2.24, 2.45) is 0 Å². The molecule has 0 bridgehead atoms. The van der Waals surface area contributed by atoms with E-state index in [1.54, 1.807) is 27.7 Å². The number of ketones is 3. The average molecular weight is 621 g/mol. The molecule has 0 unspecified atom stereocenters. The third-order valence-electron chi connectivity index (χ3n) is 3.14. The normalized spacial score (nSPS) is 9.88. The molecule has 1 rings (SSSR count). The molecule has 0 atom stereocenters. The topological polar surface area (TPSA) is 225 Å². The number of hydrogen-bond acceptors (Lipinski definition) is 13. The molecule has 0 heterocycles. The van der Waals surface area contributed by atoms with Crippen molar-refractivity contribution in [3.8, 4) is 0 Å². The predicted molar refractivity (Wildman–Crippen MR) is 164 cm³/mol. The minimum atomic E-state index is -0.954. The van der Waals surface area contributed by atoms with Gasteiger partial charge in [0.2, 0.25) is 0 Å². The lowest BCUT2D eigenvalue weighted by Gasteiger charge is -2.05. The van der Waals surface area contributed by atoms with E-state index >= 15 is 0 Å². The lowest BCUT2D eigenvalue weighted by molar-refractivity contribution is -0.140. The van der Waals surface area contributed by atoms with Crippen molar-refractivity contribution in [1.29, 1.82) is 0 Å². The van der Waals surface area contributed by atoms with Gasteiger partial charge in [-0.25, -0.2) is 0 Å². The Morgan fingerprint density at radius 1 is 0.810 bits per heavy atom. The second-order valence-electron chi connectivity index (χ2n) is 7.60. The van der Waals surface area contributed by atoms with E-state index in [-0.39, 0.29) is 37.4 Å². The van der Waals surface area contributed by atoms with E-state index in [0.717, 1.165) is 39.2 Å². The van der Waals surface area contributed by atoms with Crippen LogP contribution in [-0.2, 0) is 33.4 Å². The van der Waals surface area contributed by atoms with Crippen molar-refractivity contribution < 1.29 is 64.1 Å². The first-order valence-corrected chi connectivity index (χ1v) is 14.0. The van der Waals surface area contributed by atoms with Crippen LogP contribution in [0.2, 0.25) is 0 Å². The molecular formula is C29H64O13. The molecule has 42 heavy (non-hydrogen) atoms. The second kappa shape index (κ2) is 66.8. The minimum absolute atomic E-state index is 0.167. The van der Waals surface area contributed by atoms with Gasteiger partial charge in [0, 0.05) is 46.5 Å². The number of hydrogen-bond donors (Lipinski definition) is 6. The Labute approximate surface area is 254 Å². The highest BCUT2D eigenvalue weighted by Gasteiger charge is 2.06. The predicted octanol–water partition coefficient (Wildman–Crippen LogP) is 2.18. The molecule has 1 fully saturated rings. The zero-order valence-electron chi connectivity index (χ0n) is 27.9. The number of ether oxygens (including phenoxy) is 2. The third-order valence-corrected chi connectivity index (χ3v) is 3.14. The zero-order chi connectivity index (χ0) is 35.2. The SMILES string of the molecule is CC(C)=O.CCC(C)=O.CCCO.CCO.CCOC(C)=O.CCOC=O.CO.O=C1CCCCC1.OCC(O)CO. The number of aliphatic hydroxyl groups excluding tert-OH is 6. The van der Waals surface area contributed by atoms with Gasteiger partial charge in [-0.05, 0) is 60.8 Å². The van der Waals surface area contributed by atoms with Gasteiger partial charge in [-0.15, -0.1) is 0 Å². The highest BCUT2D eigenvalue weighted by molar-refractivity contribution is 5.78. The van der Waals surface area contributed by atoms with Gasteiger partial charge in [-0.1, -0.05) is 20.3 Å². The summed E-state index contributed by atoms with van der Waals surface area (Å²) < 4.78 is 8.56. The van der Waals surface area contributed by atoms with Gasteiger partial charge in [0.1, 0.15) is 23.5 Å². The molecule has 0 aromatic heterocycles. The van der Waals surface area contributed by atoms with Crippen molar-refractivity contribution in [2.45, 2.75) is 113 Å².